The summed E-state index contributed by atoms with van der Waals surface area (Å²) >= 11 is 0. The highest BCUT2D eigenvalue weighted by Gasteiger charge is 2.37. The Kier molecular flexibility index (Phi) is 4.54. The Hall–Kier alpha value is -0.830. The van der Waals surface area contributed by atoms with Gasteiger partial charge < -0.3 is 5.11 Å². The second-order valence-electron chi connectivity index (χ2n) is 5.17. The fourth-order valence-electron chi connectivity index (χ4n) is 2.76. The second kappa shape index (κ2) is 5.48. The van der Waals surface area contributed by atoms with E-state index in [0.717, 1.165) is 37.8 Å². The van der Waals surface area contributed by atoms with E-state index >= 15 is 0 Å². The first-order valence-corrected chi connectivity index (χ1v) is 6.04. The Morgan fingerprint density at radius 2 is 1.94 bits per heavy atom. The molecule has 0 atom stereocenters. The Morgan fingerprint density at radius 3 is 2.38 bits per heavy atom. The van der Waals surface area contributed by atoms with E-state index in [1.807, 2.05) is 14.0 Å². The summed E-state index contributed by atoms with van der Waals surface area (Å²) in [6, 6.07) is 0. The predicted octanol–water partition coefficient (Wildman–Crippen LogP) is 2.67. The lowest BCUT2D eigenvalue weighted by Gasteiger charge is -2.44. The van der Waals surface area contributed by atoms with E-state index in [2.05, 4.69) is 11.5 Å². The van der Waals surface area contributed by atoms with Crippen molar-refractivity contribution in [3.63, 3.8) is 0 Å². The predicted molar refractivity (Wildman–Crippen MR) is 65.5 cm³/mol. The molecule has 0 bridgehead atoms. The number of hydrogen-bond donors (Lipinski definition) is 1. The molecule has 3 nitrogen and oxygen atoms in total. The van der Waals surface area contributed by atoms with E-state index in [1.165, 1.54) is 6.42 Å². The van der Waals surface area contributed by atoms with Crippen LogP contribution in [0.4, 0.5) is 0 Å². The summed E-state index contributed by atoms with van der Waals surface area (Å²) in [5, 5.41) is 9.06. The van der Waals surface area contributed by atoms with Crippen LogP contribution in [0.15, 0.2) is 12.2 Å². The molecule has 1 fully saturated rings. The summed E-state index contributed by atoms with van der Waals surface area (Å²) in [6.45, 7) is 6.70. The highest BCUT2D eigenvalue weighted by atomic mass is 16.4. The zero-order valence-electron chi connectivity index (χ0n) is 10.5. The molecule has 0 aromatic heterocycles. The number of likely N-dealkylation sites (N-methyl/N-ethyl adjacent to an activating group) is 1. The van der Waals surface area contributed by atoms with Crippen molar-refractivity contribution in [1.29, 1.82) is 0 Å². The first kappa shape index (κ1) is 13.2. The normalized spacial score (nSPS) is 19.7. The highest BCUT2D eigenvalue weighted by molar-refractivity contribution is 5.68. The minimum Gasteiger partial charge on any atom is -0.481 e. The average Bonchev–Trinajstić information content (AvgIpc) is 2.16. The largest absolute Gasteiger partial charge is 0.481 e. The van der Waals surface area contributed by atoms with E-state index < -0.39 is 5.97 Å². The molecule has 0 aromatic rings. The number of rotatable bonds is 5. The van der Waals surface area contributed by atoms with Gasteiger partial charge in [0.05, 0.1) is 6.42 Å². The van der Waals surface area contributed by atoms with Crippen LogP contribution in [0.5, 0.6) is 0 Å². The van der Waals surface area contributed by atoms with Crippen LogP contribution in [0.3, 0.4) is 0 Å². The maximum Gasteiger partial charge on any atom is 0.305 e. The van der Waals surface area contributed by atoms with Gasteiger partial charge >= 0.3 is 5.97 Å². The Bertz CT molecular complexity index is 267. The van der Waals surface area contributed by atoms with Crippen molar-refractivity contribution in [2.75, 3.05) is 13.6 Å². The van der Waals surface area contributed by atoms with Crippen molar-refractivity contribution in [3.8, 4) is 0 Å². The van der Waals surface area contributed by atoms with Crippen LogP contribution in [0.2, 0.25) is 0 Å². The third kappa shape index (κ3) is 3.34. The van der Waals surface area contributed by atoms with Gasteiger partial charge in [-0.2, -0.15) is 0 Å². The topological polar surface area (TPSA) is 40.5 Å². The van der Waals surface area contributed by atoms with Gasteiger partial charge in [-0.05, 0) is 26.8 Å². The lowest BCUT2D eigenvalue weighted by molar-refractivity contribution is -0.141. The van der Waals surface area contributed by atoms with Crippen molar-refractivity contribution in [1.82, 2.24) is 4.90 Å². The lowest BCUT2D eigenvalue weighted by Crippen LogP contribution is -2.49. The molecular weight excluding hydrogens is 202 g/mol. The van der Waals surface area contributed by atoms with Gasteiger partial charge in [-0.25, -0.2) is 0 Å². The summed E-state index contributed by atoms with van der Waals surface area (Å²) in [4.78, 5) is 13.2. The molecule has 1 aliphatic carbocycles. The summed E-state index contributed by atoms with van der Waals surface area (Å²) in [5.41, 5.74) is 0.959. The van der Waals surface area contributed by atoms with Crippen molar-refractivity contribution in [2.24, 2.45) is 0 Å². The SMILES string of the molecule is C=C(C)CN(C)C1(CC(=O)O)CCCCC1. The smallest absolute Gasteiger partial charge is 0.305 e. The molecule has 0 unspecified atom stereocenters. The van der Waals surface area contributed by atoms with Crippen molar-refractivity contribution in [3.05, 3.63) is 12.2 Å². The van der Waals surface area contributed by atoms with Gasteiger partial charge in [0, 0.05) is 12.1 Å². The van der Waals surface area contributed by atoms with Crippen LogP contribution >= 0.6 is 0 Å². The zero-order chi connectivity index (χ0) is 12.2. The molecule has 0 saturated heterocycles. The van der Waals surface area contributed by atoms with E-state index in [1.54, 1.807) is 0 Å². The van der Waals surface area contributed by atoms with Crippen LogP contribution in [0.1, 0.15) is 45.4 Å². The van der Waals surface area contributed by atoms with Crippen molar-refractivity contribution >= 4 is 5.97 Å². The van der Waals surface area contributed by atoms with Crippen LogP contribution in [-0.4, -0.2) is 35.1 Å². The van der Waals surface area contributed by atoms with Gasteiger partial charge in [-0.3, -0.25) is 9.69 Å². The minimum atomic E-state index is -0.685. The number of carbonyl (C=O) groups is 1. The molecule has 3 heteroatoms. The third-order valence-corrected chi connectivity index (χ3v) is 3.58. The first-order chi connectivity index (χ1) is 7.46. The van der Waals surface area contributed by atoms with Gasteiger partial charge in [-0.1, -0.05) is 31.4 Å². The molecule has 0 radical (unpaired) electrons. The minimum absolute atomic E-state index is 0.136. The zero-order valence-corrected chi connectivity index (χ0v) is 10.5. The van der Waals surface area contributed by atoms with Gasteiger partial charge in [-0.15, -0.1) is 0 Å². The van der Waals surface area contributed by atoms with Gasteiger partial charge in [0.2, 0.25) is 0 Å². The second-order valence-corrected chi connectivity index (χ2v) is 5.17. The van der Waals surface area contributed by atoms with E-state index in [9.17, 15) is 4.79 Å². The van der Waals surface area contributed by atoms with Gasteiger partial charge in [0.15, 0.2) is 0 Å². The number of carboxylic acids is 1. The molecule has 16 heavy (non-hydrogen) atoms. The first-order valence-electron chi connectivity index (χ1n) is 6.04. The van der Waals surface area contributed by atoms with Crippen molar-refractivity contribution < 1.29 is 9.90 Å². The number of carboxylic acid groups (broad SMARTS) is 1. The molecule has 92 valence electrons. The Morgan fingerprint density at radius 1 is 1.38 bits per heavy atom. The maximum atomic E-state index is 11.0. The number of aliphatic carboxylic acids is 1. The Balaban J connectivity index is 2.75. The average molecular weight is 225 g/mol. The quantitative estimate of drug-likeness (QED) is 0.731. The molecule has 1 aliphatic rings. The van der Waals surface area contributed by atoms with E-state index in [-0.39, 0.29) is 12.0 Å². The number of nitrogens with zero attached hydrogens (tertiary/aromatic N) is 1. The summed E-state index contributed by atoms with van der Waals surface area (Å²) < 4.78 is 0. The van der Waals surface area contributed by atoms with E-state index in [4.69, 9.17) is 5.11 Å². The van der Waals surface area contributed by atoms with Crippen molar-refractivity contribution in [2.45, 2.75) is 51.0 Å². The summed E-state index contributed by atoms with van der Waals surface area (Å²) in [5.74, 6) is -0.685. The van der Waals surface area contributed by atoms with Crippen LogP contribution < -0.4 is 0 Å². The van der Waals surface area contributed by atoms with Crippen LogP contribution in [0.25, 0.3) is 0 Å². The van der Waals surface area contributed by atoms with Gasteiger partial charge in [0.1, 0.15) is 0 Å². The molecule has 1 saturated carbocycles. The third-order valence-electron chi connectivity index (χ3n) is 3.58. The van der Waals surface area contributed by atoms with Crippen LogP contribution in [0, 0.1) is 0 Å². The standard InChI is InChI=1S/C13H23NO2/c1-11(2)10-14(3)13(9-12(15)16)7-5-4-6-8-13/h1,4-10H2,2-3H3,(H,15,16). The summed E-state index contributed by atoms with van der Waals surface area (Å²) in [7, 11) is 2.03. The monoisotopic (exact) mass is 225 g/mol. The van der Waals surface area contributed by atoms with E-state index in [0.29, 0.717) is 0 Å². The summed E-state index contributed by atoms with van der Waals surface area (Å²) in [6.07, 6.45) is 5.80. The molecule has 0 aromatic carbocycles. The van der Waals surface area contributed by atoms with Gasteiger partial charge in [0.25, 0.3) is 0 Å². The highest BCUT2D eigenvalue weighted by Crippen LogP contribution is 2.36. The molecule has 0 heterocycles. The molecule has 1 N–H and O–H groups in total. The lowest BCUT2D eigenvalue weighted by atomic mass is 9.78. The fraction of sp³-hybridized carbons (Fsp3) is 0.769. The molecule has 1 rings (SSSR count). The molecule has 0 amide bonds. The molecular formula is C13H23NO2. The Labute approximate surface area is 98.1 Å². The number of hydrogen-bond acceptors (Lipinski definition) is 2. The molecule has 0 aliphatic heterocycles. The fourth-order valence-corrected chi connectivity index (χ4v) is 2.76. The molecule has 0 spiro atoms. The van der Waals surface area contributed by atoms with Crippen LogP contribution in [-0.2, 0) is 4.79 Å². The maximum absolute atomic E-state index is 11.0.